The largest absolute Gasteiger partial charge is 0.496 e. The summed E-state index contributed by atoms with van der Waals surface area (Å²) in [5.74, 6) is -0.0297. The zero-order valence-corrected chi connectivity index (χ0v) is 14.6. The first-order valence-electron chi connectivity index (χ1n) is 8.03. The number of nitrogens with two attached hydrogens (primary N) is 1. The Morgan fingerprint density at radius 1 is 1.07 bits per heavy atom. The Kier molecular flexibility index (Phi) is 5.16. The van der Waals surface area contributed by atoms with E-state index in [9.17, 15) is 18.0 Å². The number of nitrogens with zero attached hydrogens (tertiary/aromatic N) is 2. The maximum Gasteiger partial charge on any atom is 0.416 e. The number of ether oxygens (including phenoxy) is 1. The SMILES string of the molecule is COc1cc(-c2nccnc2Nc2ccc(C(F)(F)F)cc2)ccc1C(N)=O. The summed E-state index contributed by atoms with van der Waals surface area (Å²) in [6, 6.07) is 9.28. The molecule has 2 aromatic carbocycles. The molecule has 6 nitrogen and oxygen atoms in total. The van der Waals surface area contributed by atoms with Crippen LogP contribution in [0.3, 0.4) is 0 Å². The van der Waals surface area contributed by atoms with Crippen molar-refractivity contribution in [2.45, 2.75) is 6.18 Å². The molecule has 0 saturated heterocycles. The Hall–Kier alpha value is -3.62. The summed E-state index contributed by atoms with van der Waals surface area (Å²) in [7, 11) is 1.41. The van der Waals surface area contributed by atoms with Crippen LogP contribution >= 0.6 is 0 Å². The van der Waals surface area contributed by atoms with Crippen molar-refractivity contribution in [2.75, 3.05) is 12.4 Å². The van der Waals surface area contributed by atoms with Gasteiger partial charge in [-0.1, -0.05) is 6.07 Å². The standard InChI is InChI=1S/C19H15F3N4O2/c1-28-15-10-11(2-7-14(15)17(23)27)16-18(25-9-8-24-16)26-13-5-3-12(4-6-13)19(20,21)22/h2-10H,1H3,(H2,23,27)(H,25,26). The van der Waals surface area contributed by atoms with Crippen molar-refractivity contribution in [3.05, 3.63) is 66.0 Å². The van der Waals surface area contributed by atoms with Crippen LogP contribution in [0.5, 0.6) is 5.75 Å². The third-order valence-corrected chi connectivity index (χ3v) is 3.91. The van der Waals surface area contributed by atoms with E-state index in [1.165, 1.54) is 37.7 Å². The summed E-state index contributed by atoms with van der Waals surface area (Å²) in [6.45, 7) is 0. The Morgan fingerprint density at radius 2 is 1.75 bits per heavy atom. The van der Waals surface area contributed by atoms with Crippen molar-refractivity contribution >= 4 is 17.4 Å². The van der Waals surface area contributed by atoms with Crippen LogP contribution in [0.15, 0.2) is 54.9 Å². The number of benzene rings is 2. The molecular formula is C19H15F3N4O2. The number of aromatic nitrogens is 2. The third-order valence-electron chi connectivity index (χ3n) is 3.91. The van der Waals surface area contributed by atoms with E-state index in [-0.39, 0.29) is 11.3 Å². The molecule has 28 heavy (non-hydrogen) atoms. The highest BCUT2D eigenvalue weighted by atomic mass is 19.4. The highest BCUT2D eigenvalue weighted by Crippen LogP contribution is 2.33. The molecule has 3 rings (SSSR count). The van der Waals surface area contributed by atoms with Crippen LogP contribution < -0.4 is 15.8 Å². The number of anilines is 2. The first-order valence-corrected chi connectivity index (χ1v) is 8.03. The second-order valence-corrected chi connectivity index (χ2v) is 5.73. The van der Waals surface area contributed by atoms with Crippen LogP contribution in [0.4, 0.5) is 24.7 Å². The number of rotatable bonds is 5. The van der Waals surface area contributed by atoms with Crippen molar-refractivity contribution in [3.8, 4) is 17.0 Å². The van der Waals surface area contributed by atoms with Gasteiger partial charge in [0.05, 0.1) is 18.2 Å². The monoisotopic (exact) mass is 388 g/mol. The number of methoxy groups -OCH3 is 1. The Labute approximate surface area is 158 Å². The van der Waals surface area contributed by atoms with E-state index in [0.717, 1.165) is 12.1 Å². The lowest BCUT2D eigenvalue weighted by molar-refractivity contribution is -0.137. The molecule has 0 aliphatic rings. The predicted octanol–water partition coefficient (Wildman–Crippen LogP) is 4.01. The van der Waals surface area contributed by atoms with Gasteiger partial charge in [-0.05, 0) is 36.4 Å². The average molecular weight is 388 g/mol. The predicted molar refractivity (Wildman–Crippen MR) is 97.3 cm³/mol. The number of amides is 1. The first kappa shape index (κ1) is 19.2. The van der Waals surface area contributed by atoms with E-state index >= 15 is 0 Å². The number of hydrogen-bond acceptors (Lipinski definition) is 5. The minimum atomic E-state index is -4.41. The topological polar surface area (TPSA) is 90.1 Å². The molecule has 144 valence electrons. The lowest BCUT2D eigenvalue weighted by Gasteiger charge is -2.13. The molecule has 0 radical (unpaired) electrons. The van der Waals surface area contributed by atoms with Gasteiger partial charge in [-0.15, -0.1) is 0 Å². The number of carbonyl (C=O) groups excluding carboxylic acids is 1. The zero-order valence-electron chi connectivity index (χ0n) is 14.6. The van der Waals surface area contributed by atoms with Gasteiger partial charge in [-0.25, -0.2) is 4.98 Å². The maximum atomic E-state index is 12.7. The lowest BCUT2D eigenvalue weighted by atomic mass is 10.1. The highest BCUT2D eigenvalue weighted by Gasteiger charge is 2.30. The molecule has 0 bridgehead atoms. The van der Waals surface area contributed by atoms with E-state index in [0.29, 0.717) is 22.8 Å². The van der Waals surface area contributed by atoms with Gasteiger partial charge in [0.25, 0.3) is 5.91 Å². The molecule has 3 aromatic rings. The lowest BCUT2D eigenvalue weighted by Crippen LogP contribution is -2.12. The third kappa shape index (κ3) is 4.03. The van der Waals surface area contributed by atoms with Crippen molar-refractivity contribution in [1.82, 2.24) is 9.97 Å². The molecule has 9 heteroatoms. The fourth-order valence-corrected chi connectivity index (χ4v) is 2.56. The summed E-state index contributed by atoms with van der Waals surface area (Å²) >= 11 is 0. The van der Waals surface area contributed by atoms with Gasteiger partial charge in [0.2, 0.25) is 0 Å². The number of carbonyl (C=O) groups is 1. The molecule has 0 spiro atoms. The van der Waals surface area contributed by atoms with Crippen LogP contribution in [0.2, 0.25) is 0 Å². The second kappa shape index (κ2) is 7.55. The molecular weight excluding hydrogens is 373 g/mol. The van der Waals surface area contributed by atoms with Gasteiger partial charge in [0, 0.05) is 23.6 Å². The van der Waals surface area contributed by atoms with Crippen molar-refractivity contribution < 1.29 is 22.7 Å². The van der Waals surface area contributed by atoms with Crippen molar-refractivity contribution in [1.29, 1.82) is 0 Å². The number of hydrogen-bond donors (Lipinski definition) is 2. The summed E-state index contributed by atoms with van der Waals surface area (Å²) in [5.41, 5.74) is 6.21. The number of alkyl halides is 3. The molecule has 0 aliphatic carbocycles. The molecule has 3 N–H and O–H groups in total. The summed E-state index contributed by atoms with van der Waals surface area (Å²) in [5, 5.41) is 2.95. The summed E-state index contributed by atoms with van der Waals surface area (Å²) < 4.78 is 43.3. The molecule has 1 heterocycles. The molecule has 0 unspecified atom stereocenters. The zero-order chi connectivity index (χ0) is 20.3. The minimum absolute atomic E-state index is 0.215. The number of primary amides is 1. The molecule has 0 fully saturated rings. The van der Waals surface area contributed by atoms with Crippen LogP contribution in [0.1, 0.15) is 15.9 Å². The van der Waals surface area contributed by atoms with Gasteiger partial charge in [0.15, 0.2) is 5.82 Å². The van der Waals surface area contributed by atoms with Crippen molar-refractivity contribution in [3.63, 3.8) is 0 Å². The van der Waals surface area contributed by atoms with E-state index in [1.807, 2.05) is 0 Å². The fraction of sp³-hybridized carbons (Fsp3) is 0.105. The van der Waals surface area contributed by atoms with Gasteiger partial charge in [-0.3, -0.25) is 9.78 Å². The molecule has 0 aliphatic heterocycles. The second-order valence-electron chi connectivity index (χ2n) is 5.73. The summed E-state index contributed by atoms with van der Waals surface area (Å²) in [6.07, 6.45) is -1.48. The van der Waals surface area contributed by atoms with Gasteiger partial charge in [0.1, 0.15) is 11.4 Å². The maximum absolute atomic E-state index is 12.7. The van der Waals surface area contributed by atoms with E-state index in [2.05, 4.69) is 15.3 Å². The molecule has 0 atom stereocenters. The normalized spacial score (nSPS) is 11.1. The minimum Gasteiger partial charge on any atom is -0.496 e. The molecule has 1 aromatic heterocycles. The van der Waals surface area contributed by atoms with E-state index in [1.54, 1.807) is 12.1 Å². The smallest absolute Gasteiger partial charge is 0.416 e. The Balaban J connectivity index is 1.95. The fourth-order valence-electron chi connectivity index (χ4n) is 2.56. The molecule has 1 amide bonds. The van der Waals surface area contributed by atoms with Gasteiger partial charge < -0.3 is 15.8 Å². The van der Waals surface area contributed by atoms with Gasteiger partial charge in [-0.2, -0.15) is 13.2 Å². The number of halogens is 3. The van der Waals surface area contributed by atoms with Gasteiger partial charge >= 0.3 is 6.18 Å². The van der Waals surface area contributed by atoms with Crippen molar-refractivity contribution in [2.24, 2.45) is 5.73 Å². The Morgan fingerprint density at radius 3 is 2.36 bits per heavy atom. The van der Waals surface area contributed by atoms with Crippen LogP contribution in [0.25, 0.3) is 11.3 Å². The van der Waals surface area contributed by atoms with Crippen LogP contribution in [-0.2, 0) is 6.18 Å². The highest BCUT2D eigenvalue weighted by molar-refractivity contribution is 5.96. The first-order chi connectivity index (χ1) is 13.3. The summed E-state index contributed by atoms with van der Waals surface area (Å²) in [4.78, 5) is 19.9. The quantitative estimate of drug-likeness (QED) is 0.689. The van der Waals surface area contributed by atoms with Crippen LogP contribution in [-0.4, -0.2) is 23.0 Å². The van der Waals surface area contributed by atoms with E-state index in [4.69, 9.17) is 10.5 Å². The number of nitrogens with one attached hydrogen (secondary N) is 1. The molecule has 0 saturated carbocycles. The van der Waals surface area contributed by atoms with E-state index < -0.39 is 17.6 Å². The Bertz CT molecular complexity index is 1000. The van der Waals surface area contributed by atoms with Crippen LogP contribution in [0, 0.1) is 0 Å². The average Bonchev–Trinajstić information content (AvgIpc) is 2.67.